The van der Waals surface area contributed by atoms with Gasteiger partial charge in [0.2, 0.25) is 0 Å². The molecule has 0 aromatic carbocycles. The zero-order chi connectivity index (χ0) is 3.58. The molecule has 0 fully saturated rings. The van der Waals surface area contributed by atoms with Gasteiger partial charge in [0.15, 0.2) is 0 Å². The third-order valence-electron chi connectivity index (χ3n) is 0. The fourth-order valence-electron chi connectivity index (χ4n) is 0. The van der Waals surface area contributed by atoms with Crippen LogP contribution in [0, 0.1) is 0 Å². The summed E-state index contributed by atoms with van der Waals surface area (Å²) in [5.74, 6) is 0. The number of hydrogen-bond donors (Lipinski definition) is 0. The molecule has 0 nitrogen and oxygen atoms in total. The lowest BCUT2D eigenvalue weighted by Crippen LogP contribution is -1.28. The number of halogens is 2. The molecule has 4 heavy (non-hydrogen) atoms. The molecule has 1 unspecified atom stereocenters. The van der Waals surface area contributed by atoms with Crippen molar-refractivity contribution in [2.45, 2.75) is 0 Å². The Balaban J connectivity index is 2.80. The van der Waals surface area contributed by atoms with Crippen LogP contribution < -0.4 is 0 Å². The lowest BCUT2D eigenvalue weighted by Gasteiger charge is -1.58. The third-order valence-corrected chi connectivity index (χ3v) is 0. The lowest BCUT2D eigenvalue weighted by atomic mass is 18.9. The fourth-order valence-corrected chi connectivity index (χ4v) is 0. The van der Waals surface area contributed by atoms with Crippen molar-refractivity contribution in [2.75, 3.05) is 0 Å². The first-order valence-corrected chi connectivity index (χ1v) is 5.41. The van der Waals surface area contributed by atoms with Crippen LogP contribution in [0.15, 0.2) is 0 Å². The van der Waals surface area contributed by atoms with Crippen LogP contribution in [0.25, 0.3) is 0 Å². The molecule has 0 saturated carbocycles. The van der Waals surface area contributed by atoms with E-state index in [-0.39, 0.29) is 0 Å². The molecule has 0 spiro atoms. The Kier molecular flexibility index (Phi) is 3.37. The monoisotopic (exact) mass is 210 g/mol. The largest absolute Gasteiger partial charge is 0.159 e. The van der Waals surface area contributed by atoms with E-state index >= 15 is 0 Å². The summed E-state index contributed by atoms with van der Waals surface area (Å²) in [5, 5.41) is 0. The lowest BCUT2D eigenvalue weighted by molar-refractivity contribution is 0.948. The second kappa shape index (κ2) is 2.54. The normalized spacial score (nSPS) is 15.5. The second-order valence-electron chi connectivity index (χ2n) is 0.213. The summed E-state index contributed by atoms with van der Waals surface area (Å²) in [4.78, 5) is 0. The molecule has 0 aromatic heterocycles. The van der Waals surface area contributed by atoms with Gasteiger partial charge in [-0.3, -0.25) is 0 Å². The topological polar surface area (TPSA) is 0 Å². The van der Waals surface area contributed by atoms with Crippen LogP contribution >= 0.6 is 29.2 Å². The van der Waals surface area contributed by atoms with Crippen LogP contribution in [0.3, 0.4) is 0 Å². The molecule has 0 bridgehead atoms. The van der Waals surface area contributed by atoms with Crippen molar-refractivity contribution in [1.82, 2.24) is 0 Å². The molecule has 0 amide bonds. The van der Waals surface area contributed by atoms with Crippen molar-refractivity contribution in [3.63, 3.8) is 0 Å². The van der Waals surface area contributed by atoms with Gasteiger partial charge in [-0.05, 0) is 8.02 Å². The second-order valence-corrected chi connectivity index (χ2v) is 6.53. The number of hydrogen-bond acceptors (Lipinski definition) is 0. The van der Waals surface area contributed by atoms with Crippen LogP contribution in [0.1, 0.15) is 0 Å². The van der Waals surface area contributed by atoms with Crippen molar-refractivity contribution in [3.8, 4) is 0 Å². The highest BCUT2D eigenvalue weighted by atomic mass is 127. The van der Waals surface area contributed by atoms with Gasteiger partial charge in [-0.25, -0.2) is 0 Å². The van der Waals surface area contributed by atoms with Gasteiger partial charge in [0.25, 0.3) is 0 Å². The SMILES string of the molecule is FS(=P)I. The summed E-state index contributed by atoms with van der Waals surface area (Å²) in [5.41, 5.74) is 0. The average Bonchev–Trinajstić information content (AvgIpc) is 0.811. The Morgan fingerprint density at radius 1 is 2.00 bits per heavy atom. The van der Waals surface area contributed by atoms with Gasteiger partial charge >= 0.3 is 0 Å². The molecule has 0 aromatic rings. The first-order chi connectivity index (χ1) is 1.73. The first-order valence-electron chi connectivity index (χ1n) is 0.513. The van der Waals surface area contributed by atoms with Crippen LogP contribution in [0.5, 0.6) is 0 Å². The van der Waals surface area contributed by atoms with Crippen molar-refractivity contribution >= 4 is 36.9 Å². The molecule has 4 heteroatoms. The summed E-state index contributed by atoms with van der Waals surface area (Å²) in [7, 11) is 1.57. The highest BCUT2D eigenvalue weighted by molar-refractivity contribution is 14.2. The Morgan fingerprint density at radius 3 is 2.00 bits per heavy atom. The van der Waals surface area contributed by atoms with E-state index in [1.165, 1.54) is 0 Å². The van der Waals surface area contributed by atoms with E-state index in [1.54, 1.807) is 21.2 Å². The van der Waals surface area contributed by atoms with Gasteiger partial charge in [0, 0.05) is 21.2 Å². The van der Waals surface area contributed by atoms with Crippen LogP contribution in [-0.4, -0.2) is 0 Å². The van der Waals surface area contributed by atoms with Gasteiger partial charge < -0.3 is 0 Å². The van der Waals surface area contributed by atoms with E-state index in [2.05, 4.69) is 8.02 Å². The predicted molar refractivity (Wildman–Crippen MR) is 30.8 cm³/mol. The molecular formula is HFIPS. The van der Waals surface area contributed by atoms with E-state index in [0.717, 1.165) is 0 Å². The van der Waals surface area contributed by atoms with E-state index in [4.69, 9.17) is 0 Å². The van der Waals surface area contributed by atoms with Crippen LogP contribution in [-0.2, 0) is 7.63 Å². The standard InChI is InChI=1S/FHIPS/c1-4(2)3/h3H. The quantitative estimate of drug-likeness (QED) is 0.423. The fraction of sp³-hybridized carbons (Fsp3) is 0. The minimum absolute atomic E-state index is 1.09. The molecule has 0 saturated heterocycles. The molecule has 26 valence electrons. The van der Waals surface area contributed by atoms with E-state index in [0.29, 0.717) is 0 Å². The van der Waals surface area contributed by atoms with Gasteiger partial charge in [-0.15, -0.1) is 0 Å². The third kappa shape index (κ3) is 10.3. The Labute approximate surface area is 40.8 Å². The summed E-state index contributed by atoms with van der Waals surface area (Å²) in [6.45, 7) is 0. The molecule has 0 heterocycles. The first kappa shape index (κ1) is 5.31. The molecule has 0 aliphatic rings. The Bertz CT molecular complexity index is 31.0. The van der Waals surface area contributed by atoms with Crippen molar-refractivity contribution < 1.29 is 3.89 Å². The summed E-state index contributed by atoms with van der Waals surface area (Å²) in [6, 6.07) is 0. The summed E-state index contributed by atoms with van der Waals surface area (Å²) in [6.07, 6.45) is 0. The van der Waals surface area contributed by atoms with Gasteiger partial charge in [0.05, 0.1) is 7.63 Å². The van der Waals surface area contributed by atoms with E-state index < -0.39 is 7.63 Å². The summed E-state index contributed by atoms with van der Waals surface area (Å²) < 4.78 is 10.9. The predicted octanol–water partition coefficient (Wildman–Crippen LogP) is 1.90. The maximum absolute atomic E-state index is 10.9. The zero-order valence-electron chi connectivity index (χ0n) is 1.66. The molecule has 1 atom stereocenters. The average molecular weight is 210 g/mol. The van der Waals surface area contributed by atoms with Crippen molar-refractivity contribution in [2.24, 2.45) is 0 Å². The molecule has 0 aliphatic carbocycles. The Morgan fingerprint density at radius 2 is 2.00 bits per heavy atom. The Hall–Kier alpha value is 1.31. The van der Waals surface area contributed by atoms with Gasteiger partial charge in [-0.1, -0.05) is 0 Å². The molecular weight excluding hydrogens is 209 g/mol. The molecule has 0 aliphatic heterocycles. The maximum atomic E-state index is 10.9. The molecule has 0 N–H and O–H groups in total. The smallest absolute Gasteiger partial charge is 0.0718 e. The highest BCUT2D eigenvalue weighted by Crippen LogP contribution is 1.99. The van der Waals surface area contributed by atoms with Crippen molar-refractivity contribution in [3.05, 3.63) is 0 Å². The minimum Gasteiger partial charge on any atom is -0.159 e. The zero-order valence-corrected chi connectivity index (χ0v) is 5.64. The molecule has 0 rings (SSSR count). The highest BCUT2D eigenvalue weighted by Gasteiger charge is 1.59. The van der Waals surface area contributed by atoms with Crippen molar-refractivity contribution in [1.29, 1.82) is 0 Å². The van der Waals surface area contributed by atoms with E-state index in [9.17, 15) is 3.89 Å². The van der Waals surface area contributed by atoms with Crippen LogP contribution in [0.2, 0.25) is 0 Å². The van der Waals surface area contributed by atoms with Gasteiger partial charge in [-0.2, -0.15) is 3.89 Å². The van der Waals surface area contributed by atoms with Gasteiger partial charge in [0.1, 0.15) is 0 Å². The maximum Gasteiger partial charge on any atom is 0.0718 e. The summed E-state index contributed by atoms with van der Waals surface area (Å²) >= 11 is 1.62. The molecule has 0 radical (unpaired) electrons. The number of rotatable bonds is 0. The van der Waals surface area contributed by atoms with Crippen LogP contribution in [0.4, 0.5) is 3.89 Å². The van der Waals surface area contributed by atoms with E-state index in [1.807, 2.05) is 0 Å². The minimum atomic E-state index is -1.09.